The van der Waals surface area contributed by atoms with Crippen molar-refractivity contribution in [3.05, 3.63) is 23.4 Å². The average Bonchev–Trinajstić information content (AvgIpc) is 2.37. The second-order valence-electron chi connectivity index (χ2n) is 5.10. The van der Waals surface area contributed by atoms with Crippen molar-refractivity contribution in [3.8, 4) is 0 Å². The van der Waals surface area contributed by atoms with Crippen LogP contribution in [0.2, 0.25) is 0 Å². The molecule has 1 fully saturated rings. The van der Waals surface area contributed by atoms with Crippen LogP contribution in [0.3, 0.4) is 0 Å². The molecule has 1 aliphatic heterocycles. The van der Waals surface area contributed by atoms with Gasteiger partial charge in [0.2, 0.25) is 0 Å². The molecular formula is C14H22N4O. The maximum Gasteiger partial charge on any atom is 0.140 e. The molecule has 1 saturated heterocycles. The van der Waals surface area contributed by atoms with E-state index in [2.05, 4.69) is 23.7 Å². The topological polar surface area (TPSA) is 75.2 Å². The predicted molar refractivity (Wildman–Crippen MR) is 76.8 cm³/mol. The van der Waals surface area contributed by atoms with Crippen molar-refractivity contribution in [2.45, 2.75) is 39.3 Å². The van der Waals surface area contributed by atoms with Gasteiger partial charge in [0.15, 0.2) is 0 Å². The predicted octanol–water partition coefficient (Wildman–Crippen LogP) is 1.68. The molecule has 0 saturated carbocycles. The molecule has 19 heavy (non-hydrogen) atoms. The Morgan fingerprint density at radius 1 is 1.63 bits per heavy atom. The van der Waals surface area contributed by atoms with Gasteiger partial charge >= 0.3 is 0 Å². The zero-order chi connectivity index (χ0) is 14.0. The Bertz CT molecular complexity index is 475. The summed E-state index contributed by atoms with van der Waals surface area (Å²) >= 11 is 0. The number of hydrogen-bond donors (Lipinski definition) is 2. The monoisotopic (exact) mass is 262 g/mol. The summed E-state index contributed by atoms with van der Waals surface area (Å²) in [6.07, 6.45) is 2.94. The number of ether oxygens (including phenoxy) is 1. The van der Waals surface area contributed by atoms with Gasteiger partial charge in [0.1, 0.15) is 11.7 Å². The van der Waals surface area contributed by atoms with Crippen LogP contribution in [0, 0.1) is 12.3 Å². The van der Waals surface area contributed by atoms with E-state index in [0.29, 0.717) is 12.6 Å². The van der Waals surface area contributed by atoms with Crippen molar-refractivity contribution in [3.63, 3.8) is 0 Å². The number of rotatable bonds is 3. The number of hydrogen-bond acceptors (Lipinski definition) is 4. The minimum absolute atomic E-state index is 0.0783. The number of nitrogens with zero attached hydrogens (tertiary/aromatic N) is 2. The van der Waals surface area contributed by atoms with Crippen molar-refractivity contribution in [2.24, 2.45) is 5.73 Å². The Balaban J connectivity index is 2.44. The van der Waals surface area contributed by atoms with Gasteiger partial charge in [-0.05, 0) is 31.9 Å². The number of pyridine rings is 1. The van der Waals surface area contributed by atoms with Crippen LogP contribution in [-0.2, 0) is 4.74 Å². The van der Waals surface area contributed by atoms with Crippen LogP contribution in [0.25, 0.3) is 0 Å². The fourth-order valence-corrected chi connectivity index (χ4v) is 2.54. The van der Waals surface area contributed by atoms with Crippen LogP contribution in [0.1, 0.15) is 31.4 Å². The molecule has 0 aromatic carbocycles. The van der Waals surface area contributed by atoms with E-state index in [-0.39, 0.29) is 11.9 Å². The summed E-state index contributed by atoms with van der Waals surface area (Å²) in [7, 11) is 0. The number of morpholine rings is 1. The fraction of sp³-hybridized carbons (Fsp3) is 0.571. The number of nitrogen functional groups attached to an aromatic ring is 1. The van der Waals surface area contributed by atoms with E-state index in [0.717, 1.165) is 29.9 Å². The Labute approximate surface area is 114 Å². The Kier molecular flexibility index (Phi) is 4.04. The highest BCUT2D eigenvalue weighted by Crippen LogP contribution is 2.26. The smallest absolute Gasteiger partial charge is 0.140 e. The standard InChI is InChI=1S/C14H22N4O/c1-4-11-8-19-10(3)7-18(11)14-12(13(15)16)9(2)5-6-17-14/h5-6,10-11H,4,7-8H2,1-3H3,(H3,15,16). The molecule has 5 heteroatoms. The van der Waals surface area contributed by atoms with E-state index in [1.807, 2.05) is 13.0 Å². The number of aromatic nitrogens is 1. The van der Waals surface area contributed by atoms with Crippen LogP contribution in [0.15, 0.2) is 12.3 Å². The van der Waals surface area contributed by atoms with E-state index in [4.69, 9.17) is 15.9 Å². The number of nitrogens with one attached hydrogen (secondary N) is 1. The molecule has 1 aromatic rings. The highest BCUT2D eigenvalue weighted by atomic mass is 16.5. The molecule has 2 atom stereocenters. The summed E-state index contributed by atoms with van der Waals surface area (Å²) in [4.78, 5) is 6.70. The second kappa shape index (κ2) is 5.57. The van der Waals surface area contributed by atoms with Crippen LogP contribution in [0.5, 0.6) is 0 Å². The Morgan fingerprint density at radius 3 is 3.00 bits per heavy atom. The van der Waals surface area contributed by atoms with Crippen molar-refractivity contribution in [1.29, 1.82) is 5.41 Å². The summed E-state index contributed by atoms with van der Waals surface area (Å²) in [6, 6.07) is 2.19. The molecule has 0 bridgehead atoms. The summed E-state index contributed by atoms with van der Waals surface area (Å²) in [6.45, 7) is 7.65. The number of aryl methyl sites for hydroxylation is 1. The molecule has 0 amide bonds. The quantitative estimate of drug-likeness (QED) is 0.642. The van der Waals surface area contributed by atoms with Gasteiger partial charge in [-0.15, -0.1) is 0 Å². The van der Waals surface area contributed by atoms with Gasteiger partial charge in [-0.2, -0.15) is 0 Å². The van der Waals surface area contributed by atoms with Crippen LogP contribution in [-0.4, -0.2) is 36.1 Å². The zero-order valence-electron chi connectivity index (χ0n) is 11.8. The van der Waals surface area contributed by atoms with Crippen molar-refractivity contribution < 1.29 is 4.74 Å². The summed E-state index contributed by atoms with van der Waals surface area (Å²) in [5.41, 5.74) is 7.47. The molecular weight excluding hydrogens is 240 g/mol. The van der Waals surface area contributed by atoms with Gasteiger partial charge in [-0.25, -0.2) is 4.98 Å². The summed E-state index contributed by atoms with van der Waals surface area (Å²) < 4.78 is 5.71. The lowest BCUT2D eigenvalue weighted by molar-refractivity contribution is 0.0296. The molecule has 104 valence electrons. The molecule has 5 nitrogen and oxygen atoms in total. The van der Waals surface area contributed by atoms with Crippen LogP contribution >= 0.6 is 0 Å². The van der Waals surface area contributed by atoms with Crippen LogP contribution in [0.4, 0.5) is 5.82 Å². The SMILES string of the molecule is CCC1COC(C)CN1c1nccc(C)c1C(=N)N. The largest absolute Gasteiger partial charge is 0.384 e. The Morgan fingerprint density at radius 2 is 2.37 bits per heavy atom. The fourth-order valence-electron chi connectivity index (χ4n) is 2.54. The maximum absolute atomic E-state index is 7.79. The highest BCUT2D eigenvalue weighted by Gasteiger charge is 2.29. The molecule has 0 aliphatic carbocycles. The normalized spacial score (nSPS) is 23.4. The van der Waals surface area contributed by atoms with Gasteiger partial charge in [-0.1, -0.05) is 6.92 Å². The minimum atomic E-state index is 0.0783. The van der Waals surface area contributed by atoms with Crippen molar-refractivity contribution in [2.75, 3.05) is 18.1 Å². The van der Waals surface area contributed by atoms with E-state index in [1.165, 1.54) is 0 Å². The van der Waals surface area contributed by atoms with Gasteiger partial charge in [0, 0.05) is 12.7 Å². The summed E-state index contributed by atoms with van der Waals surface area (Å²) in [5.74, 6) is 0.893. The van der Waals surface area contributed by atoms with Crippen molar-refractivity contribution >= 4 is 11.7 Å². The van der Waals surface area contributed by atoms with Gasteiger partial charge in [-0.3, -0.25) is 5.41 Å². The molecule has 2 unspecified atom stereocenters. The molecule has 2 heterocycles. The third-order valence-corrected chi connectivity index (χ3v) is 3.62. The van der Waals surface area contributed by atoms with Crippen molar-refractivity contribution in [1.82, 2.24) is 4.98 Å². The van der Waals surface area contributed by atoms with E-state index in [9.17, 15) is 0 Å². The maximum atomic E-state index is 7.79. The number of anilines is 1. The third kappa shape index (κ3) is 2.71. The molecule has 0 radical (unpaired) electrons. The lowest BCUT2D eigenvalue weighted by Gasteiger charge is -2.40. The lowest BCUT2D eigenvalue weighted by Crippen LogP contribution is -2.49. The number of nitrogens with two attached hydrogens (primary N) is 1. The van der Waals surface area contributed by atoms with Crippen LogP contribution < -0.4 is 10.6 Å². The molecule has 1 aliphatic rings. The Hall–Kier alpha value is -1.62. The second-order valence-corrected chi connectivity index (χ2v) is 5.10. The van der Waals surface area contributed by atoms with E-state index >= 15 is 0 Å². The first kappa shape index (κ1) is 13.8. The first-order chi connectivity index (χ1) is 9.04. The van der Waals surface area contributed by atoms with Gasteiger partial charge in [0.25, 0.3) is 0 Å². The highest BCUT2D eigenvalue weighted by molar-refractivity contribution is 6.01. The first-order valence-electron chi connectivity index (χ1n) is 6.72. The molecule has 3 N–H and O–H groups in total. The van der Waals surface area contributed by atoms with E-state index < -0.39 is 0 Å². The molecule has 2 rings (SSSR count). The average molecular weight is 262 g/mol. The lowest BCUT2D eigenvalue weighted by atomic mass is 10.1. The first-order valence-corrected chi connectivity index (χ1v) is 6.72. The number of amidine groups is 1. The molecule has 0 spiro atoms. The zero-order valence-corrected chi connectivity index (χ0v) is 11.8. The minimum Gasteiger partial charge on any atom is -0.384 e. The summed E-state index contributed by atoms with van der Waals surface area (Å²) in [5, 5.41) is 7.79. The van der Waals surface area contributed by atoms with Gasteiger partial charge < -0.3 is 15.4 Å². The van der Waals surface area contributed by atoms with Gasteiger partial charge in [0.05, 0.1) is 24.3 Å². The molecule has 1 aromatic heterocycles. The third-order valence-electron chi connectivity index (χ3n) is 3.62. The van der Waals surface area contributed by atoms with E-state index in [1.54, 1.807) is 6.20 Å².